The first-order chi connectivity index (χ1) is 13.3. The van der Waals surface area contributed by atoms with Crippen LogP contribution in [0.4, 0.5) is 0 Å². The van der Waals surface area contributed by atoms with E-state index in [4.69, 9.17) is 11.6 Å². The molecule has 28 heavy (non-hydrogen) atoms. The number of sulfonamides is 1. The van der Waals surface area contributed by atoms with Crippen molar-refractivity contribution in [2.45, 2.75) is 18.0 Å². The summed E-state index contributed by atoms with van der Waals surface area (Å²) in [5.41, 5.74) is 0.290. The minimum Gasteiger partial charge on any atom is -0.328 e. The molecule has 1 aromatic carbocycles. The molecule has 0 spiro atoms. The number of carbonyl (C=O) groups is 1. The van der Waals surface area contributed by atoms with E-state index in [1.165, 1.54) is 26.2 Å². The molecular weight excluding hydrogens is 436 g/mol. The van der Waals surface area contributed by atoms with E-state index in [1.807, 2.05) is 35.0 Å². The third-order valence-corrected chi connectivity index (χ3v) is 8.10. The highest BCUT2D eigenvalue weighted by molar-refractivity contribution is 7.89. The lowest BCUT2D eigenvalue weighted by Crippen LogP contribution is -2.30. The molecule has 0 saturated heterocycles. The molecule has 0 atom stereocenters. The highest BCUT2D eigenvalue weighted by Crippen LogP contribution is 2.26. The topological polar surface area (TPSA) is 57.7 Å². The van der Waals surface area contributed by atoms with Crippen molar-refractivity contribution in [2.24, 2.45) is 0 Å². The molecule has 0 fully saturated rings. The lowest BCUT2D eigenvalue weighted by atomic mass is 10.2. The first-order valence-electron chi connectivity index (χ1n) is 8.35. The van der Waals surface area contributed by atoms with Gasteiger partial charge in [-0.25, -0.2) is 12.7 Å². The Morgan fingerprint density at radius 3 is 2.04 bits per heavy atom. The van der Waals surface area contributed by atoms with Crippen LogP contribution in [0.25, 0.3) is 0 Å². The second-order valence-corrected chi connectivity index (χ2v) is 10.8. The molecule has 0 aliphatic carbocycles. The van der Waals surface area contributed by atoms with Crippen LogP contribution < -0.4 is 0 Å². The molecular formula is C19H19ClN2O3S3. The van der Waals surface area contributed by atoms with Gasteiger partial charge >= 0.3 is 0 Å². The molecule has 2 heterocycles. The molecule has 0 saturated carbocycles. The van der Waals surface area contributed by atoms with Gasteiger partial charge in [-0.2, -0.15) is 0 Å². The van der Waals surface area contributed by atoms with Crippen LogP contribution in [0.3, 0.4) is 0 Å². The quantitative estimate of drug-likeness (QED) is 0.526. The van der Waals surface area contributed by atoms with Crippen LogP contribution in [0, 0.1) is 0 Å². The van der Waals surface area contributed by atoms with Gasteiger partial charge in [-0.15, -0.1) is 22.7 Å². The number of benzene rings is 1. The first kappa shape index (κ1) is 21.0. The van der Waals surface area contributed by atoms with Crippen molar-refractivity contribution in [3.63, 3.8) is 0 Å². The van der Waals surface area contributed by atoms with Gasteiger partial charge in [0.05, 0.1) is 18.1 Å². The van der Waals surface area contributed by atoms with Crippen molar-refractivity contribution in [3.05, 3.63) is 73.6 Å². The lowest BCUT2D eigenvalue weighted by molar-refractivity contribution is 0.0733. The predicted molar refractivity (Wildman–Crippen MR) is 115 cm³/mol. The number of rotatable bonds is 7. The molecule has 1 amide bonds. The molecule has 0 aliphatic rings. The fraction of sp³-hybridized carbons (Fsp3) is 0.211. The van der Waals surface area contributed by atoms with Gasteiger partial charge in [0.1, 0.15) is 4.90 Å². The minimum atomic E-state index is -3.75. The van der Waals surface area contributed by atoms with Crippen molar-refractivity contribution < 1.29 is 13.2 Å². The average Bonchev–Trinajstić information content (AvgIpc) is 3.34. The van der Waals surface area contributed by atoms with Gasteiger partial charge in [0.15, 0.2) is 0 Å². The molecule has 0 unspecified atom stereocenters. The number of thiophene rings is 2. The van der Waals surface area contributed by atoms with Crippen LogP contribution in [0.15, 0.2) is 58.1 Å². The van der Waals surface area contributed by atoms with E-state index in [0.29, 0.717) is 13.1 Å². The van der Waals surface area contributed by atoms with Gasteiger partial charge in [-0.3, -0.25) is 4.79 Å². The first-order valence-corrected chi connectivity index (χ1v) is 11.9. The number of carbonyl (C=O) groups excluding carboxylic acids is 1. The third kappa shape index (κ3) is 4.64. The van der Waals surface area contributed by atoms with Crippen LogP contribution in [0.5, 0.6) is 0 Å². The standard InChI is InChI=1S/C19H19ClN2O3S3/c1-21(2)28(24,25)18-11-14(7-8-17(18)20)19(23)22(12-15-5-3-9-26-15)13-16-6-4-10-27-16/h3-11H,12-13H2,1-2H3. The summed E-state index contributed by atoms with van der Waals surface area (Å²) in [4.78, 5) is 17.0. The lowest BCUT2D eigenvalue weighted by Gasteiger charge is -2.22. The van der Waals surface area contributed by atoms with Gasteiger partial charge in [-0.1, -0.05) is 23.7 Å². The smallest absolute Gasteiger partial charge is 0.254 e. The Labute approximate surface area is 177 Å². The van der Waals surface area contributed by atoms with Crippen molar-refractivity contribution in [1.29, 1.82) is 0 Å². The Morgan fingerprint density at radius 1 is 1.00 bits per heavy atom. The van der Waals surface area contributed by atoms with Crippen LogP contribution in [0.1, 0.15) is 20.1 Å². The molecule has 3 aromatic rings. The Morgan fingerprint density at radius 2 is 1.57 bits per heavy atom. The van der Waals surface area contributed by atoms with Gasteiger partial charge in [0.25, 0.3) is 5.91 Å². The normalized spacial score (nSPS) is 11.7. The van der Waals surface area contributed by atoms with Gasteiger partial charge in [-0.05, 0) is 41.1 Å². The van der Waals surface area contributed by atoms with E-state index < -0.39 is 10.0 Å². The zero-order valence-corrected chi connectivity index (χ0v) is 18.5. The Balaban J connectivity index is 1.96. The fourth-order valence-corrected chi connectivity index (χ4v) is 5.43. The van der Waals surface area contributed by atoms with E-state index in [-0.39, 0.29) is 21.4 Å². The predicted octanol–water partition coefficient (Wildman–Crippen LogP) is 4.56. The van der Waals surface area contributed by atoms with Crippen LogP contribution in [0.2, 0.25) is 5.02 Å². The maximum absolute atomic E-state index is 13.2. The van der Waals surface area contributed by atoms with Crippen molar-refractivity contribution >= 4 is 50.2 Å². The summed E-state index contributed by atoms with van der Waals surface area (Å²) in [5, 5.41) is 4.02. The van der Waals surface area contributed by atoms with E-state index in [1.54, 1.807) is 33.6 Å². The molecule has 0 aliphatic heterocycles. The largest absolute Gasteiger partial charge is 0.328 e. The zero-order valence-electron chi connectivity index (χ0n) is 15.3. The van der Waals surface area contributed by atoms with E-state index in [0.717, 1.165) is 14.1 Å². The molecule has 3 rings (SSSR count). The Bertz CT molecular complexity index is 1010. The number of amides is 1. The summed E-state index contributed by atoms with van der Waals surface area (Å²) in [5.74, 6) is -0.242. The van der Waals surface area contributed by atoms with E-state index in [9.17, 15) is 13.2 Å². The minimum absolute atomic E-state index is 0.0720. The summed E-state index contributed by atoms with van der Waals surface area (Å²) in [6.45, 7) is 0.902. The van der Waals surface area contributed by atoms with Gasteiger partial charge < -0.3 is 4.90 Å². The van der Waals surface area contributed by atoms with Crippen LogP contribution in [-0.2, 0) is 23.1 Å². The second kappa shape index (κ2) is 8.75. The Kier molecular flexibility index (Phi) is 6.57. The summed E-state index contributed by atoms with van der Waals surface area (Å²) in [6, 6.07) is 12.2. The fourth-order valence-electron chi connectivity index (χ4n) is 2.59. The summed E-state index contributed by atoms with van der Waals surface area (Å²) >= 11 is 9.26. The number of halogens is 1. The number of hydrogen-bond acceptors (Lipinski definition) is 5. The van der Waals surface area contributed by atoms with E-state index >= 15 is 0 Å². The van der Waals surface area contributed by atoms with Crippen molar-refractivity contribution in [1.82, 2.24) is 9.21 Å². The molecule has 5 nitrogen and oxygen atoms in total. The van der Waals surface area contributed by atoms with E-state index in [2.05, 4.69) is 0 Å². The average molecular weight is 455 g/mol. The highest BCUT2D eigenvalue weighted by atomic mass is 35.5. The third-order valence-electron chi connectivity index (χ3n) is 4.08. The molecule has 0 N–H and O–H groups in total. The summed E-state index contributed by atoms with van der Waals surface area (Å²) in [7, 11) is -0.893. The van der Waals surface area contributed by atoms with Crippen LogP contribution >= 0.6 is 34.3 Å². The van der Waals surface area contributed by atoms with Crippen molar-refractivity contribution in [2.75, 3.05) is 14.1 Å². The monoisotopic (exact) mass is 454 g/mol. The second-order valence-electron chi connectivity index (χ2n) is 6.25. The Hall–Kier alpha value is -1.71. The maximum Gasteiger partial charge on any atom is 0.254 e. The molecule has 9 heteroatoms. The molecule has 0 radical (unpaired) electrons. The number of nitrogens with zero attached hydrogens (tertiary/aromatic N) is 2. The molecule has 2 aromatic heterocycles. The molecule has 148 valence electrons. The van der Waals surface area contributed by atoms with Gasteiger partial charge in [0.2, 0.25) is 10.0 Å². The molecule has 0 bridgehead atoms. The maximum atomic E-state index is 13.2. The number of hydrogen-bond donors (Lipinski definition) is 0. The SMILES string of the molecule is CN(C)S(=O)(=O)c1cc(C(=O)N(Cc2cccs2)Cc2cccs2)ccc1Cl. The summed E-state index contributed by atoms with van der Waals surface area (Å²) in [6.07, 6.45) is 0. The summed E-state index contributed by atoms with van der Waals surface area (Å²) < 4.78 is 26.1. The van der Waals surface area contributed by atoms with Crippen LogP contribution in [-0.4, -0.2) is 37.6 Å². The zero-order chi connectivity index (χ0) is 20.3. The van der Waals surface area contributed by atoms with Gasteiger partial charge in [0, 0.05) is 29.4 Å². The van der Waals surface area contributed by atoms with Crippen molar-refractivity contribution in [3.8, 4) is 0 Å². The highest BCUT2D eigenvalue weighted by Gasteiger charge is 2.24.